The molecule has 2 aliphatic heterocycles. The second kappa shape index (κ2) is 8.00. The quantitative estimate of drug-likeness (QED) is 0.869. The summed E-state index contributed by atoms with van der Waals surface area (Å²) in [6.45, 7) is 5.32. The number of hydrogen-bond donors (Lipinski definition) is 1. The Morgan fingerprint density at radius 2 is 2.15 bits per heavy atom. The largest absolute Gasteiger partial charge is 0.381 e. The Bertz CT molecular complexity index is 769. The summed E-state index contributed by atoms with van der Waals surface area (Å²) in [4.78, 5) is 15.6. The Hall–Kier alpha value is -1.54. The minimum atomic E-state index is -0.285. The molecule has 0 unspecified atom stereocenters. The summed E-state index contributed by atoms with van der Waals surface area (Å²) in [5.41, 5.74) is 0. The molecule has 7 heteroatoms. The summed E-state index contributed by atoms with van der Waals surface area (Å²) in [6, 6.07) is 6.83. The maximum Gasteiger partial charge on any atom is 0.261 e. The van der Waals surface area contributed by atoms with E-state index in [0.717, 1.165) is 50.6 Å². The number of thiophene rings is 1. The number of carbonyl (C=O) groups is 1. The van der Waals surface area contributed by atoms with Crippen LogP contribution in [0.5, 0.6) is 0 Å². The van der Waals surface area contributed by atoms with Crippen molar-refractivity contribution >= 4 is 27.3 Å². The van der Waals surface area contributed by atoms with Crippen LogP contribution in [-0.4, -0.2) is 62.9 Å². The van der Waals surface area contributed by atoms with Gasteiger partial charge in [-0.25, -0.2) is 4.39 Å². The number of hydrogen-bond acceptors (Lipinski definition) is 5. The van der Waals surface area contributed by atoms with E-state index in [1.807, 2.05) is 6.07 Å². The zero-order chi connectivity index (χ0) is 17.9. The van der Waals surface area contributed by atoms with Gasteiger partial charge in [-0.3, -0.25) is 9.69 Å². The smallest absolute Gasteiger partial charge is 0.261 e. The highest BCUT2D eigenvalue weighted by molar-refractivity contribution is 7.20. The number of fused-ring (bicyclic) bond motifs is 1. The van der Waals surface area contributed by atoms with Crippen LogP contribution in [0, 0.1) is 11.7 Å². The number of rotatable bonds is 5. The van der Waals surface area contributed by atoms with Crippen LogP contribution in [0.25, 0.3) is 10.1 Å². The monoisotopic (exact) mass is 378 g/mol. The molecule has 2 aliphatic rings. The number of amides is 1. The average molecular weight is 378 g/mol. The highest BCUT2D eigenvalue weighted by Gasteiger charge is 2.32. The number of benzene rings is 1. The first-order chi connectivity index (χ1) is 12.7. The minimum absolute atomic E-state index is 0.136. The van der Waals surface area contributed by atoms with E-state index in [1.165, 1.54) is 17.4 Å². The number of nitrogens with zero attached hydrogens (tertiary/aromatic N) is 1. The maximum absolute atomic E-state index is 13.9. The van der Waals surface area contributed by atoms with Gasteiger partial charge in [0.2, 0.25) is 0 Å². The van der Waals surface area contributed by atoms with E-state index in [0.29, 0.717) is 22.7 Å². The molecule has 0 saturated carbocycles. The van der Waals surface area contributed by atoms with Gasteiger partial charge in [-0.15, -0.1) is 11.3 Å². The molecule has 2 atom stereocenters. The van der Waals surface area contributed by atoms with Crippen LogP contribution in [0.15, 0.2) is 24.3 Å². The minimum Gasteiger partial charge on any atom is -0.381 e. The summed E-state index contributed by atoms with van der Waals surface area (Å²) < 4.78 is 25.7. The first kappa shape index (κ1) is 17.9. The molecule has 0 spiro atoms. The van der Waals surface area contributed by atoms with Crippen molar-refractivity contribution in [2.24, 2.45) is 5.92 Å². The van der Waals surface area contributed by atoms with E-state index in [1.54, 1.807) is 12.1 Å². The van der Waals surface area contributed by atoms with Gasteiger partial charge in [0.05, 0.1) is 24.7 Å². The number of halogens is 1. The van der Waals surface area contributed by atoms with E-state index in [4.69, 9.17) is 9.47 Å². The van der Waals surface area contributed by atoms with Gasteiger partial charge in [0, 0.05) is 48.3 Å². The number of morpholine rings is 1. The second-order valence-electron chi connectivity index (χ2n) is 6.81. The van der Waals surface area contributed by atoms with Crippen LogP contribution in [-0.2, 0) is 9.47 Å². The van der Waals surface area contributed by atoms with Crippen molar-refractivity contribution < 1.29 is 18.7 Å². The van der Waals surface area contributed by atoms with Crippen LogP contribution >= 0.6 is 11.3 Å². The summed E-state index contributed by atoms with van der Waals surface area (Å²) >= 11 is 1.33. The first-order valence-electron chi connectivity index (χ1n) is 9.08. The molecular formula is C19H23FN2O3S. The van der Waals surface area contributed by atoms with E-state index in [9.17, 15) is 9.18 Å². The summed E-state index contributed by atoms with van der Waals surface area (Å²) in [5.74, 6) is 0.00289. The van der Waals surface area contributed by atoms with Crippen LogP contribution in [0.3, 0.4) is 0 Å². The lowest BCUT2D eigenvalue weighted by Crippen LogP contribution is -2.52. The van der Waals surface area contributed by atoms with Gasteiger partial charge in [-0.05, 0) is 24.6 Å². The molecule has 2 fully saturated rings. The molecule has 4 rings (SSSR count). The Morgan fingerprint density at radius 3 is 2.88 bits per heavy atom. The zero-order valence-corrected chi connectivity index (χ0v) is 15.4. The predicted octanol–water partition coefficient (Wildman–Crippen LogP) is 2.51. The van der Waals surface area contributed by atoms with Crippen molar-refractivity contribution in [2.45, 2.75) is 12.5 Å². The molecular weight excluding hydrogens is 355 g/mol. The molecule has 0 aliphatic carbocycles. The average Bonchev–Trinajstić information content (AvgIpc) is 3.33. The normalized spacial score (nSPS) is 22.6. The predicted molar refractivity (Wildman–Crippen MR) is 99.2 cm³/mol. The van der Waals surface area contributed by atoms with E-state index in [-0.39, 0.29) is 17.8 Å². The molecule has 1 amide bonds. The first-order valence-corrected chi connectivity index (χ1v) is 9.90. The summed E-state index contributed by atoms with van der Waals surface area (Å²) in [7, 11) is 0. The van der Waals surface area contributed by atoms with Crippen LogP contribution in [0.1, 0.15) is 16.1 Å². The molecule has 0 bridgehead atoms. The standard InChI is InChI=1S/C19H23FN2O3S/c20-15-2-1-3-17-14(15)10-18(26-17)19(23)21-11-16(13-4-7-25-12-13)22-5-8-24-9-6-22/h1-3,10,13,16H,4-9,11-12H2,(H,21,23)/t13-,16+/m0/s1. The van der Waals surface area contributed by atoms with E-state index < -0.39 is 0 Å². The Labute approximate surface area is 156 Å². The zero-order valence-electron chi connectivity index (χ0n) is 14.6. The lowest BCUT2D eigenvalue weighted by atomic mass is 9.97. The van der Waals surface area contributed by atoms with Gasteiger partial charge in [0.1, 0.15) is 5.82 Å². The molecule has 5 nitrogen and oxygen atoms in total. The third-order valence-electron chi connectivity index (χ3n) is 5.23. The molecule has 1 aromatic heterocycles. The third-order valence-corrected chi connectivity index (χ3v) is 6.33. The van der Waals surface area contributed by atoms with Gasteiger partial charge >= 0.3 is 0 Å². The lowest BCUT2D eigenvalue weighted by molar-refractivity contribution is 0.00167. The molecule has 26 heavy (non-hydrogen) atoms. The van der Waals surface area contributed by atoms with Crippen molar-refractivity contribution in [3.8, 4) is 0 Å². The molecule has 2 saturated heterocycles. The molecule has 1 aromatic carbocycles. The van der Waals surface area contributed by atoms with E-state index >= 15 is 0 Å². The number of nitrogens with one attached hydrogen (secondary N) is 1. The molecule has 2 aromatic rings. The van der Waals surface area contributed by atoms with Gasteiger partial charge in [-0.1, -0.05) is 6.07 Å². The Morgan fingerprint density at radius 1 is 1.31 bits per heavy atom. The van der Waals surface area contributed by atoms with Crippen molar-refractivity contribution in [1.82, 2.24) is 10.2 Å². The Kier molecular flexibility index (Phi) is 5.49. The highest BCUT2D eigenvalue weighted by atomic mass is 32.1. The van der Waals surface area contributed by atoms with Crippen molar-refractivity contribution in [3.05, 3.63) is 35.0 Å². The summed E-state index contributed by atoms with van der Waals surface area (Å²) in [5, 5.41) is 3.58. The second-order valence-corrected chi connectivity index (χ2v) is 7.90. The van der Waals surface area contributed by atoms with Crippen molar-refractivity contribution in [3.63, 3.8) is 0 Å². The molecule has 0 radical (unpaired) electrons. The number of ether oxygens (including phenoxy) is 2. The fourth-order valence-electron chi connectivity index (χ4n) is 3.78. The van der Waals surface area contributed by atoms with Crippen LogP contribution in [0.4, 0.5) is 4.39 Å². The van der Waals surface area contributed by atoms with Crippen molar-refractivity contribution in [1.29, 1.82) is 0 Å². The third kappa shape index (κ3) is 3.76. The highest BCUT2D eigenvalue weighted by Crippen LogP contribution is 2.28. The molecule has 1 N–H and O–H groups in total. The molecule has 140 valence electrons. The Balaban J connectivity index is 1.45. The lowest BCUT2D eigenvalue weighted by Gasteiger charge is -2.37. The van der Waals surface area contributed by atoms with Gasteiger partial charge in [-0.2, -0.15) is 0 Å². The fourth-order valence-corrected chi connectivity index (χ4v) is 4.77. The topological polar surface area (TPSA) is 50.8 Å². The fraction of sp³-hybridized carbons (Fsp3) is 0.526. The van der Waals surface area contributed by atoms with Crippen molar-refractivity contribution in [2.75, 3.05) is 46.1 Å². The van der Waals surface area contributed by atoms with E-state index in [2.05, 4.69) is 10.2 Å². The van der Waals surface area contributed by atoms with Gasteiger partial charge < -0.3 is 14.8 Å². The number of carbonyl (C=O) groups excluding carboxylic acids is 1. The summed E-state index contributed by atoms with van der Waals surface area (Å²) in [6.07, 6.45) is 1.02. The van der Waals surface area contributed by atoms with Gasteiger partial charge in [0.25, 0.3) is 5.91 Å². The van der Waals surface area contributed by atoms with Crippen LogP contribution in [0.2, 0.25) is 0 Å². The molecule has 3 heterocycles. The SMILES string of the molecule is O=C(NC[C@H]([C@H]1CCOC1)N1CCOCC1)c1cc2c(F)cccc2s1. The van der Waals surface area contributed by atoms with Gasteiger partial charge in [0.15, 0.2) is 0 Å². The maximum atomic E-state index is 13.9. The van der Waals surface area contributed by atoms with Crippen LogP contribution < -0.4 is 5.32 Å².